The van der Waals surface area contributed by atoms with Gasteiger partial charge in [-0.05, 0) is 31.2 Å². The van der Waals surface area contributed by atoms with Crippen LogP contribution in [0.4, 0.5) is 5.69 Å². The van der Waals surface area contributed by atoms with Crippen LogP contribution >= 0.6 is 0 Å². The van der Waals surface area contributed by atoms with Crippen LogP contribution < -0.4 is 14.8 Å². The molecule has 0 bridgehead atoms. The van der Waals surface area contributed by atoms with E-state index in [9.17, 15) is 9.59 Å². The van der Waals surface area contributed by atoms with Gasteiger partial charge in [-0.2, -0.15) is 0 Å². The third kappa shape index (κ3) is 3.62. The number of hydrogen-bond acceptors (Lipinski definition) is 6. The molecule has 1 aromatic carbocycles. The molecular weight excluding hydrogens is 312 g/mol. The number of benzene rings is 1. The predicted molar refractivity (Wildman–Crippen MR) is 85.2 cm³/mol. The molecule has 0 saturated carbocycles. The van der Waals surface area contributed by atoms with Crippen molar-refractivity contribution >= 4 is 17.6 Å². The fourth-order valence-electron chi connectivity index (χ4n) is 2.12. The number of pyridine rings is 1. The fourth-order valence-corrected chi connectivity index (χ4v) is 2.12. The second kappa shape index (κ2) is 6.99. The van der Waals surface area contributed by atoms with Crippen molar-refractivity contribution < 1.29 is 23.8 Å². The minimum absolute atomic E-state index is 0.150. The molecule has 1 aliphatic rings. The number of rotatable bonds is 4. The molecule has 0 saturated heterocycles. The topological polar surface area (TPSA) is 86.8 Å². The lowest BCUT2D eigenvalue weighted by molar-refractivity contribution is -0.123. The van der Waals surface area contributed by atoms with Crippen molar-refractivity contribution in [3.05, 3.63) is 48.3 Å². The van der Waals surface area contributed by atoms with Gasteiger partial charge >= 0.3 is 5.97 Å². The summed E-state index contributed by atoms with van der Waals surface area (Å²) in [5.74, 6) is 0.0995. The Morgan fingerprint density at radius 3 is 2.71 bits per heavy atom. The monoisotopic (exact) mass is 328 g/mol. The molecule has 7 nitrogen and oxygen atoms in total. The maximum Gasteiger partial charge on any atom is 0.357 e. The number of ether oxygens (including phenoxy) is 3. The molecular formula is C17H16N2O5. The van der Waals surface area contributed by atoms with E-state index in [0.717, 1.165) is 0 Å². The highest BCUT2D eigenvalue weighted by atomic mass is 16.6. The molecule has 1 amide bonds. The van der Waals surface area contributed by atoms with Gasteiger partial charge in [0.05, 0.1) is 0 Å². The quantitative estimate of drug-likeness (QED) is 0.864. The average Bonchev–Trinajstić information content (AvgIpc) is 2.62. The first-order chi connectivity index (χ1) is 11.6. The standard InChI is InChI=1S/C17H16N2O5/c1-11(24-17(21)13-4-2-3-7-18-13)16(20)19-12-5-6-14-15(10-12)23-9-8-22-14/h2-7,10-11H,8-9H2,1H3,(H,19,20)/t11-/m1/s1. The molecule has 0 fully saturated rings. The Balaban J connectivity index is 1.61. The molecule has 1 aromatic heterocycles. The van der Waals surface area contributed by atoms with Crippen LogP contribution in [0, 0.1) is 0 Å². The van der Waals surface area contributed by atoms with Crippen molar-refractivity contribution in [3.63, 3.8) is 0 Å². The minimum Gasteiger partial charge on any atom is -0.486 e. The first kappa shape index (κ1) is 15.8. The lowest BCUT2D eigenvalue weighted by Crippen LogP contribution is -2.30. The molecule has 1 atom stereocenters. The maximum absolute atomic E-state index is 12.2. The Kier molecular flexibility index (Phi) is 4.60. The van der Waals surface area contributed by atoms with E-state index < -0.39 is 18.0 Å². The molecule has 3 rings (SSSR count). The molecule has 2 aromatic rings. The number of aromatic nitrogens is 1. The molecule has 1 N–H and O–H groups in total. The van der Waals surface area contributed by atoms with E-state index in [0.29, 0.717) is 30.4 Å². The zero-order chi connectivity index (χ0) is 16.9. The van der Waals surface area contributed by atoms with E-state index in [1.807, 2.05) is 0 Å². The largest absolute Gasteiger partial charge is 0.486 e. The maximum atomic E-state index is 12.2. The minimum atomic E-state index is -0.965. The summed E-state index contributed by atoms with van der Waals surface area (Å²) in [6.07, 6.45) is 0.518. The summed E-state index contributed by atoms with van der Waals surface area (Å²) in [4.78, 5) is 28.0. The molecule has 2 heterocycles. The van der Waals surface area contributed by atoms with Gasteiger partial charge in [0.2, 0.25) is 0 Å². The summed E-state index contributed by atoms with van der Waals surface area (Å²) in [5, 5.41) is 2.68. The second-order valence-electron chi connectivity index (χ2n) is 5.11. The smallest absolute Gasteiger partial charge is 0.357 e. The number of nitrogens with one attached hydrogen (secondary N) is 1. The van der Waals surface area contributed by atoms with Crippen molar-refractivity contribution in [3.8, 4) is 11.5 Å². The van der Waals surface area contributed by atoms with E-state index in [1.54, 1.807) is 30.3 Å². The number of esters is 1. The van der Waals surface area contributed by atoms with Crippen molar-refractivity contribution in [2.75, 3.05) is 18.5 Å². The van der Waals surface area contributed by atoms with Gasteiger partial charge in [-0.15, -0.1) is 0 Å². The Hall–Kier alpha value is -3.09. The molecule has 124 valence electrons. The molecule has 0 unspecified atom stereocenters. The van der Waals surface area contributed by atoms with E-state index >= 15 is 0 Å². The highest BCUT2D eigenvalue weighted by Crippen LogP contribution is 2.32. The Labute approximate surface area is 138 Å². The third-order valence-corrected chi connectivity index (χ3v) is 3.34. The summed E-state index contributed by atoms with van der Waals surface area (Å²) in [6.45, 7) is 2.45. The third-order valence-electron chi connectivity index (χ3n) is 3.34. The van der Waals surface area contributed by atoms with Crippen LogP contribution in [0.1, 0.15) is 17.4 Å². The second-order valence-corrected chi connectivity index (χ2v) is 5.11. The van der Waals surface area contributed by atoms with Crippen molar-refractivity contribution in [1.82, 2.24) is 4.98 Å². The van der Waals surface area contributed by atoms with Crippen LogP contribution in [-0.2, 0) is 9.53 Å². The van der Waals surface area contributed by atoms with Crippen LogP contribution in [0.15, 0.2) is 42.6 Å². The summed E-state index contributed by atoms with van der Waals surface area (Å²) < 4.78 is 16.0. The predicted octanol–water partition coefficient (Wildman–Crippen LogP) is 2.04. The van der Waals surface area contributed by atoms with E-state index in [4.69, 9.17) is 14.2 Å². The van der Waals surface area contributed by atoms with E-state index in [2.05, 4.69) is 10.3 Å². The molecule has 0 aliphatic carbocycles. The number of fused-ring (bicyclic) bond motifs is 1. The zero-order valence-electron chi connectivity index (χ0n) is 13.0. The van der Waals surface area contributed by atoms with Crippen molar-refractivity contribution in [1.29, 1.82) is 0 Å². The summed E-state index contributed by atoms with van der Waals surface area (Å²) >= 11 is 0. The number of anilines is 1. The number of amides is 1. The normalized spacial score (nSPS) is 13.7. The summed E-state index contributed by atoms with van der Waals surface area (Å²) in [6, 6.07) is 9.96. The van der Waals surface area contributed by atoms with Crippen LogP contribution in [0.3, 0.4) is 0 Å². The lowest BCUT2D eigenvalue weighted by atomic mass is 10.2. The van der Waals surface area contributed by atoms with Gasteiger partial charge in [0.1, 0.15) is 18.9 Å². The highest BCUT2D eigenvalue weighted by molar-refractivity contribution is 5.97. The molecule has 0 radical (unpaired) electrons. The first-order valence-electron chi connectivity index (χ1n) is 7.46. The van der Waals surface area contributed by atoms with Gasteiger partial charge in [-0.25, -0.2) is 9.78 Å². The summed E-state index contributed by atoms with van der Waals surface area (Å²) in [7, 11) is 0. The SMILES string of the molecule is C[C@@H](OC(=O)c1ccccn1)C(=O)Nc1ccc2c(c1)OCCO2. The first-order valence-corrected chi connectivity index (χ1v) is 7.46. The van der Waals surface area contributed by atoms with Crippen molar-refractivity contribution in [2.24, 2.45) is 0 Å². The van der Waals surface area contributed by atoms with Crippen LogP contribution in [-0.4, -0.2) is 36.2 Å². The Morgan fingerprint density at radius 2 is 1.96 bits per heavy atom. The lowest BCUT2D eigenvalue weighted by Gasteiger charge is -2.19. The van der Waals surface area contributed by atoms with Gasteiger partial charge in [-0.3, -0.25) is 4.79 Å². The number of hydrogen-bond donors (Lipinski definition) is 1. The van der Waals surface area contributed by atoms with E-state index in [-0.39, 0.29) is 5.69 Å². The van der Waals surface area contributed by atoms with Gasteiger partial charge in [-0.1, -0.05) is 6.07 Å². The van der Waals surface area contributed by atoms with Crippen LogP contribution in [0.5, 0.6) is 11.5 Å². The van der Waals surface area contributed by atoms with Gasteiger partial charge < -0.3 is 19.5 Å². The van der Waals surface area contributed by atoms with Gasteiger partial charge in [0.15, 0.2) is 17.6 Å². The van der Waals surface area contributed by atoms with Gasteiger partial charge in [0, 0.05) is 18.0 Å². The van der Waals surface area contributed by atoms with Crippen LogP contribution in [0.2, 0.25) is 0 Å². The highest BCUT2D eigenvalue weighted by Gasteiger charge is 2.20. The zero-order valence-corrected chi connectivity index (χ0v) is 13.0. The average molecular weight is 328 g/mol. The van der Waals surface area contributed by atoms with E-state index in [1.165, 1.54) is 19.2 Å². The number of carbonyl (C=O) groups excluding carboxylic acids is 2. The number of nitrogens with zero attached hydrogens (tertiary/aromatic N) is 1. The molecule has 1 aliphatic heterocycles. The summed E-state index contributed by atoms with van der Waals surface area (Å²) in [5.41, 5.74) is 0.682. The number of carbonyl (C=O) groups is 2. The van der Waals surface area contributed by atoms with Crippen LogP contribution in [0.25, 0.3) is 0 Å². The Bertz CT molecular complexity index is 748. The molecule has 0 spiro atoms. The molecule has 7 heteroatoms. The van der Waals surface area contributed by atoms with Crippen molar-refractivity contribution in [2.45, 2.75) is 13.0 Å². The fraction of sp³-hybridized carbons (Fsp3) is 0.235. The molecule has 24 heavy (non-hydrogen) atoms. The van der Waals surface area contributed by atoms with Gasteiger partial charge in [0.25, 0.3) is 5.91 Å². The Morgan fingerprint density at radius 1 is 1.17 bits per heavy atom.